The smallest absolute Gasteiger partial charge is 0.295 e. The number of likely N-dealkylation sites (tertiary alicyclic amines) is 1. The van der Waals surface area contributed by atoms with Crippen molar-refractivity contribution in [1.82, 2.24) is 14.5 Å². The number of amides is 1. The third-order valence-corrected chi connectivity index (χ3v) is 5.38. The monoisotopic (exact) mass is 405 g/mol. The van der Waals surface area contributed by atoms with Gasteiger partial charge in [0, 0.05) is 31.0 Å². The van der Waals surface area contributed by atoms with E-state index in [-0.39, 0.29) is 11.3 Å². The van der Waals surface area contributed by atoms with Crippen LogP contribution in [0.3, 0.4) is 0 Å². The van der Waals surface area contributed by atoms with E-state index in [1.807, 2.05) is 42.8 Å². The molecule has 0 aliphatic carbocycles. The summed E-state index contributed by atoms with van der Waals surface area (Å²) in [6.45, 7) is 4.77. The summed E-state index contributed by atoms with van der Waals surface area (Å²) >= 11 is 0. The van der Waals surface area contributed by atoms with Crippen molar-refractivity contribution in [3.8, 4) is 0 Å². The van der Waals surface area contributed by atoms with Crippen LogP contribution in [-0.4, -0.2) is 37.8 Å². The molecule has 7 nitrogen and oxygen atoms in total. The van der Waals surface area contributed by atoms with Crippen LogP contribution in [0, 0.1) is 13.8 Å². The lowest BCUT2D eigenvalue weighted by Gasteiger charge is -2.23. The molecule has 1 aliphatic heterocycles. The number of hydrogen-bond donors (Lipinski definition) is 1. The first-order valence-electron chi connectivity index (χ1n) is 9.82. The Labute approximate surface area is 174 Å². The molecular formula is C23H23N3O4. The topological polar surface area (TPSA) is 88.6 Å². The number of aliphatic hydroxyl groups is 1. The second kappa shape index (κ2) is 8.02. The molecule has 1 fully saturated rings. The zero-order valence-corrected chi connectivity index (χ0v) is 16.9. The van der Waals surface area contributed by atoms with E-state index in [9.17, 15) is 14.7 Å². The molecule has 1 N–H and O–H groups in total. The van der Waals surface area contributed by atoms with Crippen LogP contribution in [0.15, 0.2) is 65.3 Å². The summed E-state index contributed by atoms with van der Waals surface area (Å²) in [5.74, 6) is -1.05. The number of Topliss-reactive ketones (excluding diaryl/α,β-unsaturated/α-hetero) is 1. The van der Waals surface area contributed by atoms with Gasteiger partial charge < -0.3 is 19.0 Å². The van der Waals surface area contributed by atoms with E-state index in [0.717, 1.165) is 11.1 Å². The summed E-state index contributed by atoms with van der Waals surface area (Å²) in [5.41, 5.74) is 2.38. The van der Waals surface area contributed by atoms with E-state index in [2.05, 4.69) is 4.98 Å². The van der Waals surface area contributed by atoms with Gasteiger partial charge in [0.15, 0.2) is 0 Å². The highest BCUT2D eigenvalue weighted by Gasteiger charge is 2.47. The number of aromatic nitrogens is 2. The minimum atomic E-state index is -0.761. The van der Waals surface area contributed by atoms with Crippen molar-refractivity contribution < 1.29 is 19.1 Å². The predicted molar refractivity (Wildman–Crippen MR) is 110 cm³/mol. The number of hydrogen-bond acceptors (Lipinski definition) is 5. The molecule has 7 heteroatoms. The fraction of sp³-hybridized carbons (Fsp3) is 0.261. The van der Waals surface area contributed by atoms with Crippen LogP contribution in [0.4, 0.5) is 0 Å². The van der Waals surface area contributed by atoms with E-state index >= 15 is 0 Å². The molecule has 1 amide bonds. The second-order valence-corrected chi connectivity index (χ2v) is 7.48. The van der Waals surface area contributed by atoms with Gasteiger partial charge in [-0.15, -0.1) is 0 Å². The molecule has 1 aromatic carbocycles. The number of nitrogens with zero attached hydrogens (tertiary/aromatic N) is 3. The Bertz CT molecular complexity index is 1100. The molecule has 30 heavy (non-hydrogen) atoms. The van der Waals surface area contributed by atoms with E-state index < -0.39 is 17.7 Å². The predicted octanol–water partition coefficient (Wildman–Crippen LogP) is 3.60. The van der Waals surface area contributed by atoms with Gasteiger partial charge in [-0.3, -0.25) is 9.59 Å². The Balaban J connectivity index is 1.73. The maximum atomic E-state index is 13.0. The van der Waals surface area contributed by atoms with Crippen LogP contribution in [0.25, 0.3) is 5.76 Å². The molecule has 4 rings (SSSR count). The summed E-state index contributed by atoms with van der Waals surface area (Å²) in [5, 5.41) is 11.1. The number of rotatable bonds is 6. The fourth-order valence-electron chi connectivity index (χ4n) is 3.83. The quantitative estimate of drug-likeness (QED) is 0.385. The first kappa shape index (κ1) is 19.7. The Kier molecular flexibility index (Phi) is 5.27. The molecule has 3 heterocycles. The lowest BCUT2D eigenvalue weighted by atomic mass is 9.96. The Morgan fingerprint density at radius 2 is 2.03 bits per heavy atom. The standard InChI is InChI=1S/C23H23N3O4/c1-15-6-7-16(2)17(13-15)21(27)19-20(18-5-3-12-30-18)26(23(29)22(19)28)10-4-9-25-11-8-24-14-25/h3,5-8,11-14,20,27H,4,9-10H2,1-2H3/t20-/m0/s1. The summed E-state index contributed by atoms with van der Waals surface area (Å²) < 4.78 is 7.47. The summed E-state index contributed by atoms with van der Waals surface area (Å²) in [6.07, 6.45) is 7.37. The molecule has 2 aromatic heterocycles. The number of carbonyl (C=O) groups is 2. The van der Waals surface area contributed by atoms with Crippen LogP contribution in [0.5, 0.6) is 0 Å². The van der Waals surface area contributed by atoms with Gasteiger partial charge in [-0.2, -0.15) is 0 Å². The van der Waals surface area contributed by atoms with E-state index in [1.165, 1.54) is 11.2 Å². The van der Waals surface area contributed by atoms with Crippen LogP contribution >= 0.6 is 0 Å². The number of imidazole rings is 1. The number of aliphatic hydroxyl groups excluding tert-OH is 1. The molecule has 0 spiro atoms. The highest BCUT2D eigenvalue weighted by molar-refractivity contribution is 6.46. The highest BCUT2D eigenvalue weighted by atomic mass is 16.3. The third kappa shape index (κ3) is 3.54. The van der Waals surface area contributed by atoms with Gasteiger partial charge in [-0.05, 0) is 44.0 Å². The fourth-order valence-corrected chi connectivity index (χ4v) is 3.83. The largest absolute Gasteiger partial charge is 0.507 e. The molecule has 0 saturated carbocycles. The lowest BCUT2D eigenvalue weighted by Crippen LogP contribution is -2.31. The van der Waals surface area contributed by atoms with Crippen molar-refractivity contribution in [2.75, 3.05) is 6.54 Å². The number of ketones is 1. The number of furan rings is 1. The van der Waals surface area contributed by atoms with Crippen LogP contribution in [0.2, 0.25) is 0 Å². The van der Waals surface area contributed by atoms with Crippen molar-refractivity contribution in [2.24, 2.45) is 0 Å². The molecule has 0 radical (unpaired) electrons. The van der Waals surface area contributed by atoms with Gasteiger partial charge in [0.05, 0.1) is 18.2 Å². The molecule has 154 valence electrons. The van der Waals surface area contributed by atoms with E-state index in [4.69, 9.17) is 4.42 Å². The second-order valence-electron chi connectivity index (χ2n) is 7.48. The van der Waals surface area contributed by atoms with Gasteiger partial charge in [-0.25, -0.2) is 4.98 Å². The molecule has 1 saturated heterocycles. The molecule has 1 atom stereocenters. The van der Waals surface area contributed by atoms with Gasteiger partial charge in [0.1, 0.15) is 17.6 Å². The van der Waals surface area contributed by atoms with Crippen molar-refractivity contribution in [3.05, 3.63) is 83.3 Å². The Morgan fingerprint density at radius 1 is 1.20 bits per heavy atom. The van der Waals surface area contributed by atoms with Crippen molar-refractivity contribution in [1.29, 1.82) is 0 Å². The number of aryl methyl sites for hydroxylation is 3. The normalized spacial score (nSPS) is 18.3. The van der Waals surface area contributed by atoms with Crippen molar-refractivity contribution in [2.45, 2.75) is 32.9 Å². The van der Waals surface area contributed by atoms with Gasteiger partial charge in [-0.1, -0.05) is 17.7 Å². The first-order chi connectivity index (χ1) is 14.5. The average molecular weight is 405 g/mol. The Hall–Kier alpha value is -3.61. The summed E-state index contributed by atoms with van der Waals surface area (Å²) in [7, 11) is 0. The molecule has 0 bridgehead atoms. The van der Waals surface area contributed by atoms with Crippen LogP contribution in [0.1, 0.15) is 34.9 Å². The average Bonchev–Trinajstić information content (AvgIpc) is 3.47. The van der Waals surface area contributed by atoms with E-state index in [1.54, 1.807) is 24.7 Å². The number of carbonyl (C=O) groups excluding carboxylic acids is 2. The van der Waals surface area contributed by atoms with Crippen LogP contribution in [-0.2, 0) is 16.1 Å². The highest BCUT2D eigenvalue weighted by Crippen LogP contribution is 2.40. The van der Waals surface area contributed by atoms with Crippen molar-refractivity contribution >= 4 is 17.4 Å². The third-order valence-electron chi connectivity index (χ3n) is 5.38. The van der Waals surface area contributed by atoms with Crippen molar-refractivity contribution in [3.63, 3.8) is 0 Å². The zero-order chi connectivity index (χ0) is 21.3. The van der Waals surface area contributed by atoms with Crippen LogP contribution < -0.4 is 0 Å². The molecule has 3 aromatic rings. The molecule has 1 aliphatic rings. The minimum absolute atomic E-state index is 0.0614. The Morgan fingerprint density at radius 3 is 2.73 bits per heavy atom. The van der Waals surface area contributed by atoms with Gasteiger partial charge in [0.2, 0.25) is 0 Å². The molecule has 0 unspecified atom stereocenters. The lowest BCUT2D eigenvalue weighted by molar-refractivity contribution is -0.140. The van der Waals surface area contributed by atoms with Gasteiger partial charge in [0.25, 0.3) is 11.7 Å². The SMILES string of the molecule is Cc1ccc(C)c(C(O)=C2C(=O)C(=O)N(CCCn3ccnc3)[C@H]2c2ccco2)c1. The summed E-state index contributed by atoms with van der Waals surface area (Å²) in [4.78, 5) is 31.3. The summed E-state index contributed by atoms with van der Waals surface area (Å²) in [6, 6.07) is 8.30. The van der Waals surface area contributed by atoms with E-state index in [0.29, 0.717) is 30.8 Å². The zero-order valence-electron chi connectivity index (χ0n) is 16.9. The number of benzene rings is 1. The maximum absolute atomic E-state index is 13.0. The first-order valence-corrected chi connectivity index (χ1v) is 9.82. The maximum Gasteiger partial charge on any atom is 0.295 e. The minimum Gasteiger partial charge on any atom is -0.507 e. The van der Waals surface area contributed by atoms with Gasteiger partial charge >= 0.3 is 0 Å². The molecular weight excluding hydrogens is 382 g/mol.